The maximum Gasteiger partial charge on any atom is 0.272 e. The summed E-state index contributed by atoms with van der Waals surface area (Å²) in [5.74, 6) is 2.10. The second kappa shape index (κ2) is 6.82. The summed E-state index contributed by atoms with van der Waals surface area (Å²) in [5.41, 5.74) is 3.56. The van der Waals surface area contributed by atoms with Crippen molar-refractivity contribution in [3.05, 3.63) is 30.1 Å². The van der Waals surface area contributed by atoms with Crippen LogP contribution in [0, 0.1) is 17.8 Å². The number of rotatable bonds is 5. The lowest BCUT2D eigenvalue weighted by atomic mass is 9.53. The zero-order valence-electron chi connectivity index (χ0n) is 15.2. The first kappa shape index (κ1) is 17.2. The van der Waals surface area contributed by atoms with Crippen molar-refractivity contribution < 1.29 is 9.59 Å². The van der Waals surface area contributed by atoms with Crippen molar-refractivity contribution in [2.75, 3.05) is 0 Å². The minimum atomic E-state index is -0.320. The molecule has 1 aromatic rings. The summed E-state index contributed by atoms with van der Waals surface area (Å²) in [5, 5.41) is 7.40. The molecular weight excluding hydrogens is 328 g/mol. The molecule has 0 atom stereocenters. The summed E-state index contributed by atoms with van der Waals surface area (Å²) >= 11 is 0. The average Bonchev–Trinajstić information content (AvgIpc) is 2.58. The lowest BCUT2D eigenvalue weighted by Gasteiger charge is -2.56. The molecule has 0 saturated heterocycles. The van der Waals surface area contributed by atoms with E-state index in [4.69, 9.17) is 0 Å². The van der Waals surface area contributed by atoms with Crippen LogP contribution in [0.15, 0.2) is 29.6 Å². The smallest absolute Gasteiger partial charge is 0.272 e. The van der Waals surface area contributed by atoms with E-state index in [9.17, 15) is 9.59 Å². The molecule has 1 aromatic heterocycles. The predicted octanol–water partition coefficient (Wildman–Crippen LogP) is 2.66. The summed E-state index contributed by atoms with van der Waals surface area (Å²) in [6, 6.07) is 3.37. The van der Waals surface area contributed by atoms with Crippen molar-refractivity contribution in [1.82, 2.24) is 15.7 Å². The molecule has 2 N–H and O–H groups in total. The maximum absolute atomic E-state index is 12.5. The van der Waals surface area contributed by atoms with Crippen molar-refractivity contribution in [3.63, 3.8) is 0 Å². The molecule has 4 fully saturated rings. The minimum absolute atomic E-state index is 0.0174. The first-order valence-corrected chi connectivity index (χ1v) is 9.56. The van der Waals surface area contributed by atoms with Crippen molar-refractivity contribution in [2.24, 2.45) is 22.9 Å². The topological polar surface area (TPSA) is 83.5 Å². The molecule has 0 spiro atoms. The fraction of sp³-hybridized carbons (Fsp3) is 0.600. The Morgan fingerprint density at radius 1 is 1.19 bits per heavy atom. The highest BCUT2D eigenvalue weighted by Gasteiger charge is 2.51. The number of aromatic nitrogens is 1. The monoisotopic (exact) mass is 354 g/mol. The number of carbonyl (C=O) groups excluding carboxylic acids is 2. The van der Waals surface area contributed by atoms with Gasteiger partial charge in [-0.25, -0.2) is 5.43 Å². The largest absolute Gasteiger partial charge is 0.350 e. The van der Waals surface area contributed by atoms with Gasteiger partial charge in [0.05, 0.1) is 12.0 Å². The van der Waals surface area contributed by atoms with E-state index >= 15 is 0 Å². The van der Waals surface area contributed by atoms with Crippen molar-refractivity contribution in [1.29, 1.82) is 0 Å². The quantitative estimate of drug-likeness (QED) is 0.630. The molecule has 0 unspecified atom stereocenters. The first-order valence-electron chi connectivity index (χ1n) is 9.56. The Kier molecular flexibility index (Phi) is 4.51. The third-order valence-corrected chi connectivity index (χ3v) is 6.13. The number of hydrazone groups is 1. The highest BCUT2D eigenvalue weighted by atomic mass is 16.2. The third-order valence-electron chi connectivity index (χ3n) is 6.13. The first-order chi connectivity index (χ1) is 12.5. The van der Waals surface area contributed by atoms with E-state index in [2.05, 4.69) is 20.8 Å². The van der Waals surface area contributed by atoms with Crippen LogP contribution in [0.2, 0.25) is 0 Å². The molecule has 26 heavy (non-hydrogen) atoms. The second-order valence-electron chi connectivity index (χ2n) is 8.45. The molecule has 4 aliphatic carbocycles. The van der Waals surface area contributed by atoms with Gasteiger partial charge in [-0.05, 0) is 75.3 Å². The summed E-state index contributed by atoms with van der Waals surface area (Å²) in [6.45, 7) is 1.77. The Hall–Kier alpha value is -2.24. The van der Waals surface area contributed by atoms with Gasteiger partial charge < -0.3 is 5.32 Å². The Labute approximate surface area is 153 Å². The summed E-state index contributed by atoms with van der Waals surface area (Å²) in [6.07, 6.45) is 10.8. The van der Waals surface area contributed by atoms with Crippen LogP contribution in [0.4, 0.5) is 0 Å². The lowest BCUT2D eigenvalue weighted by molar-refractivity contribution is -0.125. The van der Waals surface area contributed by atoms with E-state index in [-0.39, 0.29) is 23.8 Å². The van der Waals surface area contributed by atoms with Gasteiger partial charge in [-0.15, -0.1) is 0 Å². The molecule has 138 valence electrons. The Morgan fingerprint density at radius 3 is 2.42 bits per heavy atom. The van der Waals surface area contributed by atoms with Crippen LogP contribution in [0.3, 0.4) is 0 Å². The molecule has 1 heterocycles. The number of carbonyl (C=O) groups is 2. The zero-order valence-corrected chi connectivity index (χ0v) is 15.2. The van der Waals surface area contributed by atoms with E-state index in [1.54, 1.807) is 25.3 Å². The number of nitrogens with one attached hydrogen (secondary N) is 2. The Morgan fingerprint density at radius 2 is 1.85 bits per heavy atom. The van der Waals surface area contributed by atoms with E-state index in [1.807, 2.05) is 0 Å². The van der Waals surface area contributed by atoms with Gasteiger partial charge in [-0.1, -0.05) is 0 Å². The molecular formula is C20H26N4O2. The maximum atomic E-state index is 12.5. The van der Waals surface area contributed by atoms with Crippen LogP contribution in [-0.2, 0) is 4.79 Å². The summed E-state index contributed by atoms with van der Waals surface area (Å²) in [4.78, 5) is 28.4. The number of amides is 2. The Bertz CT molecular complexity index is 693. The molecule has 2 amide bonds. The highest BCUT2D eigenvalue weighted by molar-refractivity contribution is 6.01. The van der Waals surface area contributed by atoms with Crippen LogP contribution in [-0.4, -0.2) is 28.0 Å². The molecule has 6 nitrogen and oxygen atoms in total. The predicted molar refractivity (Wildman–Crippen MR) is 98.5 cm³/mol. The van der Waals surface area contributed by atoms with Gasteiger partial charge in [0, 0.05) is 23.6 Å². The van der Waals surface area contributed by atoms with Crippen LogP contribution < -0.4 is 10.7 Å². The molecule has 0 aliphatic heterocycles. The molecule has 0 radical (unpaired) electrons. The van der Waals surface area contributed by atoms with E-state index in [0.29, 0.717) is 11.3 Å². The van der Waals surface area contributed by atoms with E-state index < -0.39 is 0 Å². The third kappa shape index (κ3) is 3.64. The standard InChI is InChI=1S/C20H26N4O2/c1-13(23-24-19(26)17-3-2-4-21-12-17)5-18(25)22-20-9-14-6-15(10-20)8-16(7-14)11-20/h2-4,12,14-16H,5-11H2,1H3,(H,22,25)(H,24,26). The fourth-order valence-corrected chi connectivity index (χ4v) is 5.58. The second-order valence-corrected chi connectivity index (χ2v) is 8.45. The van der Waals surface area contributed by atoms with Crippen LogP contribution in [0.1, 0.15) is 62.2 Å². The normalized spacial score (nSPS) is 32.3. The molecule has 0 aromatic carbocycles. The van der Waals surface area contributed by atoms with Crippen LogP contribution in [0.25, 0.3) is 0 Å². The zero-order chi connectivity index (χ0) is 18.1. The summed E-state index contributed by atoms with van der Waals surface area (Å²) < 4.78 is 0. The molecule has 4 aliphatic rings. The number of nitrogens with zero attached hydrogens (tertiary/aromatic N) is 2. The molecule has 5 rings (SSSR count). The summed E-state index contributed by atoms with van der Waals surface area (Å²) in [7, 11) is 0. The van der Waals surface area contributed by atoms with Crippen LogP contribution in [0.5, 0.6) is 0 Å². The van der Waals surface area contributed by atoms with Gasteiger partial charge in [0.2, 0.25) is 5.91 Å². The average molecular weight is 354 g/mol. The van der Waals surface area contributed by atoms with Crippen molar-refractivity contribution in [2.45, 2.75) is 57.4 Å². The SMILES string of the molecule is CC(CC(=O)NC12CC3CC(CC(C3)C1)C2)=NNC(=O)c1cccnc1. The molecule has 4 bridgehead atoms. The molecule has 6 heteroatoms. The van der Waals surface area contributed by atoms with Gasteiger partial charge >= 0.3 is 0 Å². The lowest BCUT2D eigenvalue weighted by Crippen LogP contribution is -2.60. The van der Waals surface area contributed by atoms with E-state index in [0.717, 1.165) is 37.0 Å². The van der Waals surface area contributed by atoms with Gasteiger partial charge in [0.15, 0.2) is 0 Å². The van der Waals surface area contributed by atoms with Gasteiger partial charge in [-0.2, -0.15) is 5.10 Å². The number of pyridine rings is 1. The van der Waals surface area contributed by atoms with E-state index in [1.165, 1.54) is 25.5 Å². The van der Waals surface area contributed by atoms with Gasteiger partial charge in [-0.3, -0.25) is 14.6 Å². The van der Waals surface area contributed by atoms with Crippen molar-refractivity contribution in [3.8, 4) is 0 Å². The minimum Gasteiger partial charge on any atom is -0.350 e. The van der Waals surface area contributed by atoms with Gasteiger partial charge in [0.25, 0.3) is 5.91 Å². The number of hydrogen-bond acceptors (Lipinski definition) is 4. The van der Waals surface area contributed by atoms with Crippen molar-refractivity contribution >= 4 is 17.5 Å². The van der Waals surface area contributed by atoms with Crippen LogP contribution >= 0.6 is 0 Å². The highest BCUT2D eigenvalue weighted by Crippen LogP contribution is 2.55. The fourth-order valence-electron chi connectivity index (χ4n) is 5.58. The molecule has 4 saturated carbocycles. The number of hydrogen-bond donors (Lipinski definition) is 2. The van der Waals surface area contributed by atoms with Gasteiger partial charge in [0.1, 0.15) is 0 Å². The Balaban J connectivity index is 1.31.